The third-order valence-electron chi connectivity index (χ3n) is 3.98. The molecule has 1 saturated carbocycles. The summed E-state index contributed by atoms with van der Waals surface area (Å²) in [4.78, 5) is 2.65. The molecular formula is C15H21ClN2. The Morgan fingerprint density at radius 1 is 1.17 bits per heavy atom. The molecule has 0 amide bonds. The first kappa shape index (κ1) is 12.5. The minimum atomic E-state index is 0.706. The first-order chi connectivity index (χ1) is 8.81. The molecule has 3 rings (SSSR count). The van der Waals surface area contributed by atoms with Crippen LogP contribution < -0.4 is 5.32 Å². The molecule has 1 unspecified atom stereocenters. The normalized spacial score (nSPS) is 23.8. The van der Waals surface area contributed by atoms with Gasteiger partial charge in [-0.25, -0.2) is 0 Å². The topological polar surface area (TPSA) is 15.3 Å². The Hall–Kier alpha value is -0.570. The van der Waals surface area contributed by atoms with Crippen LogP contribution in [0.1, 0.15) is 31.2 Å². The zero-order valence-electron chi connectivity index (χ0n) is 10.7. The van der Waals surface area contributed by atoms with Crippen LogP contribution >= 0.6 is 11.6 Å². The summed E-state index contributed by atoms with van der Waals surface area (Å²) in [6.07, 6.45) is 5.43. The fraction of sp³-hybridized carbons (Fsp3) is 0.600. The van der Waals surface area contributed by atoms with Crippen molar-refractivity contribution in [2.75, 3.05) is 13.1 Å². The monoisotopic (exact) mass is 264 g/mol. The number of nitrogens with one attached hydrogen (secondary N) is 1. The summed E-state index contributed by atoms with van der Waals surface area (Å²) in [6, 6.07) is 9.83. The highest BCUT2D eigenvalue weighted by atomic mass is 35.5. The Balaban J connectivity index is 1.60. The summed E-state index contributed by atoms with van der Waals surface area (Å²) in [5, 5.41) is 4.43. The van der Waals surface area contributed by atoms with E-state index in [1.165, 1.54) is 44.3 Å². The van der Waals surface area contributed by atoms with Gasteiger partial charge in [-0.2, -0.15) is 0 Å². The molecule has 1 N–H and O–H groups in total. The second-order valence-corrected chi connectivity index (χ2v) is 6.02. The van der Waals surface area contributed by atoms with Gasteiger partial charge < -0.3 is 5.32 Å². The molecule has 0 radical (unpaired) electrons. The Labute approximate surface area is 114 Å². The summed E-state index contributed by atoms with van der Waals surface area (Å²) >= 11 is 5.94. The molecular weight excluding hydrogens is 244 g/mol. The molecule has 98 valence electrons. The van der Waals surface area contributed by atoms with Gasteiger partial charge in [-0.3, -0.25) is 4.90 Å². The summed E-state index contributed by atoms with van der Waals surface area (Å²) in [6.45, 7) is 3.47. The van der Waals surface area contributed by atoms with Gasteiger partial charge >= 0.3 is 0 Å². The maximum Gasteiger partial charge on any atom is 0.0406 e. The van der Waals surface area contributed by atoms with E-state index in [2.05, 4.69) is 22.3 Å². The lowest BCUT2D eigenvalue weighted by atomic mass is 10.1. The lowest BCUT2D eigenvalue weighted by Crippen LogP contribution is -2.38. The molecule has 1 aliphatic heterocycles. The van der Waals surface area contributed by atoms with Crippen molar-refractivity contribution in [2.24, 2.45) is 0 Å². The lowest BCUT2D eigenvalue weighted by Gasteiger charge is -2.25. The maximum atomic E-state index is 5.94. The average Bonchev–Trinajstić information content (AvgIpc) is 3.10. The van der Waals surface area contributed by atoms with Gasteiger partial charge in [-0.05, 0) is 49.9 Å². The maximum absolute atomic E-state index is 5.94. The molecule has 1 aromatic carbocycles. The highest BCUT2D eigenvalue weighted by molar-refractivity contribution is 6.30. The highest BCUT2D eigenvalue weighted by Crippen LogP contribution is 2.29. The van der Waals surface area contributed by atoms with Crippen LogP contribution in [0.25, 0.3) is 0 Å². The Kier molecular flexibility index (Phi) is 3.88. The third-order valence-corrected chi connectivity index (χ3v) is 4.23. The molecule has 1 heterocycles. The molecule has 2 nitrogen and oxygen atoms in total. The minimum absolute atomic E-state index is 0.706. The van der Waals surface area contributed by atoms with E-state index in [0.717, 1.165) is 17.6 Å². The number of hydrogen-bond acceptors (Lipinski definition) is 2. The SMILES string of the molecule is Clc1ccc(CN(CC2CCCN2)C2CC2)cc1. The van der Waals surface area contributed by atoms with E-state index in [9.17, 15) is 0 Å². The molecule has 1 aromatic rings. The van der Waals surface area contributed by atoms with Crippen molar-refractivity contribution < 1.29 is 0 Å². The number of nitrogens with zero attached hydrogens (tertiary/aromatic N) is 1. The predicted molar refractivity (Wildman–Crippen MR) is 75.9 cm³/mol. The van der Waals surface area contributed by atoms with Crippen molar-refractivity contribution in [3.8, 4) is 0 Å². The van der Waals surface area contributed by atoms with Gasteiger partial charge in [-0.1, -0.05) is 23.7 Å². The molecule has 2 aliphatic rings. The standard InChI is InChI=1S/C15H21ClN2/c16-13-5-3-12(4-6-13)10-18(15-7-8-15)11-14-2-1-9-17-14/h3-6,14-15,17H,1-2,7-11H2. The van der Waals surface area contributed by atoms with Gasteiger partial charge in [0, 0.05) is 30.2 Å². The van der Waals surface area contributed by atoms with Crippen LogP contribution in [0.3, 0.4) is 0 Å². The molecule has 3 heteroatoms. The van der Waals surface area contributed by atoms with Crippen LogP contribution in [0.4, 0.5) is 0 Å². The molecule has 2 fully saturated rings. The van der Waals surface area contributed by atoms with Gasteiger partial charge in [-0.15, -0.1) is 0 Å². The third kappa shape index (κ3) is 3.25. The van der Waals surface area contributed by atoms with Gasteiger partial charge in [0.2, 0.25) is 0 Å². The van der Waals surface area contributed by atoms with Crippen LogP contribution in [0.15, 0.2) is 24.3 Å². The van der Waals surface area contributed by atoms with Gasteiger partial charge in [0.25, 0.3) is 0 Å². The van der Waals surface area contributed by atoms with E-state index in [4.69, 9.17) is 11.6 Å². The molecule has 1 atom stereocenters. The summed E-state index contributed by atoms with van der Waals surface area (Å²) in [5.41, 5.74) is 1.38. The average molecular weight is 265 g/mol. The zero-order chi connectivity index (χ0) is 12.4. The highest BCUT2D eigenvalue weighted by Gasteiger charge is 2.31. The zero-order valence-corrected chi connectivity index (χ0v) is 11.5. The van der Waals surface area contributed by atoms with Crippen LogP contribution in [-0.4, -0.2) is 30.1 Å². The van der Waals surface area contributed by atoms with Crippen molar-refractivity contribution in [1.29, 1.82) is 0 Å². The van der Waals surface area contributed by atoms with Crippen molar-refractivity contribution in [3.63, 3.8) is 0 Å². The van der Waals surface area contributed by atoms with Crippen molar-refractivity contribution in [1.82, 2.24) is 10.2 Å². The number of benzene rings is 1. The first-order valence-electron chi connectivity index (χ1n) is 7.03. The van der Waals surface area contributed by atoms with Gasteiger partial charge in [0.1, 0.15) is 0 Å². The second kappa shape index (κ2) is 5.60. The van der Waals surface area contributed by atoms with Crippen molar-refractivity contribution in [2.45, 2.75) is 44.3 Å². The summed E-state index contributed by atoms with van der Waals surface area (Å²) in [7, 11) is 0. The summed E-state index contributed by atoms with van der Waals surface area (Å²) in [5.74, 6) is 0. The second-order valence-electron chi connectivity index (χ2n) is 5.58. The molecule has 1 aliphatic carbocycles. The van der Waals surface area contributed by atoms with E-state index in [0.29, 0.717) is 6.04 Å². The number of hydrogen-bond donors (Lipinski definition) is 1. The van der Waals surface area contributed by atoms with E-state index in [1.54, 1.807) is 0 Å². The number of halogens is 1. The fourth-order valence-corrected chi connectivity index (χ4v) is 2.93. The lowest BCUT2D eigenvalue weighted by molar-refractivity contribution is 0.231. The quantitative estimate of drug-likeness (QED) is 0.879. The molecule has 1 saturated heterocycles. The fourth-order valence-electron chi connectivity index (χ4n) is 2.80. The smallest absolute Gasteiger partial charge is 0.0406 e. The Bertz CT molecular complexity index is 380. The molecule has 0 aromatic heterocycles. The van der Waals surface area contributed by atoms with E-state index < -0.39 is 0 Å². The van der Waals surface area contributed by atoms with Crippen molar-refractivity contribution >= 4 is 11.6 Å². The van der Waals surface area contributed by atoms with Gasteiger partial charge in [0.05, 0.1) is 0 Å². The van der Waals surface area contributed by atoms with Gasteiger partial charge in [0.15, 0.2) is 0 Å². The van der Waals surface area contributed by atoms with Crippen LogP contribution in [0, 0.1) is 0 Å². The largest absolute Gasteiger partial charge is 0.313 e. The Morgan fingerprint density at radius 2 is 1.94 bits per heavy atom. The number of rotatable bonds is 5. The van der Waals surface area contributed by atoms with Crippen LogP contribution in [-0.2, 0) is 6.54 Å². The van der Waals surface area contributed by atoms with Crippen LogP contribution in [0.5, 0.6) is 0 Å². The predicted octanol–water partition coefficient (Wildman–Crippen LogP) is 3.06. The van der Waals surface area contributed by atoms with Crippen molar-refractivity contribution in [3.05, 3.63) is 34.9 Å². The first-order valence-corrected chi connectivity index (χ1v) is 7.41. The molecule has 0 bridgehead atoms. The molecule has 0 spiro atoms. The Morgan fingerprint density at radius 3 is 2.56 bits per heavy atom. The minimum Gasteiger partial charge on any atom is -0.313 e. The van der Waals surface area contributed by atoms with Crippen LogP contribution in [0.2, 0.25) is 5.02 Å². The van der Waals surface area contributed by atoms with E-state index >= 15 is 0 Å². The summed E-state index contributed by atoms with van der Waals surface area (Å²) < 4.78 is 0. The van der Waals surface area contributed by atoms with E-state index in [1.807, 2.05) is 12.1 Å². The molecule has 18 heavy (non-hydrogen) atoms. The van der Waals surface area contributed by atoms with E-state index in [-0.39, 0.29) is 0 Å².